The fourth-order valence-corrected chi connectivity index (χ4v) is 7.93. The van der Waals surface area contributed by atoms with E-state index in [1.54, 1.807) is 0 Å². The van der Waals surface area contributed by atoms with Crippen molar-refractivity contribution in [2.45, 2.75) is 12.3 Å². The minimum absolute atomic E-state index is 0.369. The first kappa shape index (κ1) is 29.3. The molecule has 4 heteroatoms. The molecule has 0 spiro atoms. The van der Waals surface area contributed by atoms with E-state index < -0.39 is 0 Å². The zero-order valence-corrected chi connectivity index (χ0v) is 27.9. The first-order valence-electron chi connectivity index (χ1n) is 17.3. The minimum Gasteiger partial charge on any atom is -0.455 e. The van der Waals surface area contributed by atoms with E-state index in [4.69, 9.17) is 19.4 Å². The molecule has 0 aliphatic heterocycles. The molecular formula is C47H31N3O. The molecule has 0 amide bonds. The molecule has 1 unspecified atom stereocenters. The van der Waals surface area contributed by atoms with E-state index in [9.17, 15) is 0 Å². The van der Waals surface area contributed by atoms with Crippen LogP contribution in [0.2, 0.25) is 0 Å². The highest BCUT2D eigenvalue weighted by Crippen LogP contribution is 2.55. The van der Waals surface area contributed by atoms with Crippen LogP contribution in [0.3, 0.4) is 0 Å². The number of fused-ring (bicyclic) bond motifs is 7. The van der Waals surface area contributed by atoms with Crippen molar-refractivity contribution in [2.24, 2.45) is 0 Å². The summed E-state index contributed by atoms with van der Waals surface area (Å²) in [4.78, 5) is 14.9. The molecule has 1 aliphatic rings. The lowest BCUT2D eigenvalue weighted by atomic mass is 9.74. The highest BCUT2D eigenvalue weighted by molar-refractivity contribution is 6.13. The summed E-state index contributed by atoms with van der Waals surface area (Å²) in [6, 6.07) is 59.1. The number of hydrogen-bond acceptors (Lipinski definition) is 4. The molecule has 2 aromatic heterocycles. The van der Waals surface area contributed by atoms with Crippen molar-refractivity contribution in [3.05, 3.63) is 187 Å². The molecule has 0 N–H and O–H groups in total. The average Bonchev–Trinajstić information content (AvgIpc) is 3.72. The predicted molar refractivity (Wildman–Crippen MR) is 206 cm³/mol. The largest absolute Gasteiger partial charge is 0.455 e. The molecule has 0 radical (unpaired) electrons. The number of benzene rings is 7. The maximum atomic E-state index is 7.09. The molecular weight excluding hydrogens is 623 g/mol. The molecule has 7 aromatic carbocycles. The third kappa shape index (κ3) is 4.57. The van der Waals surface area contributed by atoms with Gasteiger partial charge in [0.05, 0.1) is 0 Å². The SMILES string of the molecule is CC1(c2ccccc2)c2ccccc2-c2ccc3c(oc4c(-c5cccc(-c6nc(-c7ccccc7)nc(-c7ccccc7)n6)c5)cccc43)c21. The fraction of sp³-hybridized carbons (Fsp3) is 0.0426. The third-order valence-electron chi connectivity index (χ3n) is 10.4. The Kier molecular flexibility index (Phi) is 6.58. The highest BCUT2D eigenvalue weighted by Gasteiger charge is 2.43. The van der Waals surface area contributed by atoms with Crippen molar-refractivity contribution in [1.82, 2.24) is 15.0 Å². The van der Waals surface area contributed by atoms with Gasteiger partial charge in [-0.1, -0.05) is 158 Å². The molecule has 2 heterocycles. The van der Waals surface area contributed by atoms with Crippen LogP contribution in [0.1, 0.15) is 23.6 Å². The zero-order chi connectivity index (χ0) is 33.9. The van der Waals surface area contributed by atoms with E-state index in [0.29, 0.717) is 17.5 Å². The molecule has 9 aromatic rings. The topological polar surface area (TPSA) is 51.8 Å². The van der Waals surface area contributed by atoms with Crippen molar-refractivity contribution in [3.8, 4) is 56.4 Å². The van der Waals surface area contributed by atoms with Crippen LogP contribution in [0, 0.1) is 0 Å². The Balaban J connectivity index is 1.16. The van der Waals surface area contributed by atoms with Crippen molar-refractivity contribution in [1.29, 1.82) is 0 Å². The number of rotatable bonds is 5. The lowest BCUT2D eigenvalue weighted by molar-refractivity contribution is 0.640. The van der Waals surface area contributed by atoms with Gasteiger partial charge in [-0.2, -0.15) is 0 Å². The molecule has 1 aliphatic carbocycles. The summed E-state index contributed by atoms with van der Waals surface area (Å²) in [7, 11) is 0. The van der Waals surface area contributed by atoms with Gasteiger partial charge in [0.25, 0.3) is 0 Å². The van der Waals surface area contributed by atoms with E-state index in [1.165, 1.54) is 27.8 Å². The summed E-state index contributed by atoms with van der Waals surface area (Å²) in [5.41, 5.74) is 12.5. The van der Waals surface area contributed by atoms with Crippen LogP contribution >= 0.6 is 0 Å². The molecule has 51 heavy (non-hydrogen) atoms. The Morgan fingerprint density at radius 3 is 1.65 bits per heavy atom. The second kappa shape index (κ2) is 11.5. The Bertz CT molecular complexity index is 2700. The highest BCUT2D eigenvalue weighted by atomic mass is 16.3. The number of hydrogen-bond donors (Lipinski definition) is 0. The van der Waals surface area contributed by atoms with Crippen LogP contribution in [0.25, 0.3) is 78.4 Å². The minimum atomic E-state index is -0.369. The molecule has 240 valence electrons. The average molecular weight is 654 g/mol. The summed E-state index contributed by atoms with van der Waals surface area (Å²) in [6.45, 7) is 2.34. The number of aromatic nitrogens is 3. The second-order valence-corrected chi connectivity index (χ2v) is 13.3. The van der Waals surface area contributed by atoms with Crippen LogP contribution in [0.15, 0.2) is 174 Å². The molecule has 0 saturated heterocycles. The Morgan fingerprint density at radius 1 is 0.412 bits per heavy atom. The number of nitrogens with zero attached hydrogens (tertiary/aromatic N) is 3. The normalized spacial score (nSPS) is 14.8. The Hall–Kier alpha value is -6.65. The molecule has 4 nitrogen and oxygen atoms in total. The van der Waals surface area contributed by atoms with Gasteiger partial charge in [-0.15, -0.1) is 0 Å². The molecule has 0 bridgehead atoms. The summed E-state index contributed by atoms with van der Waals surface area (Å²) in [5.74, 6) is 1.90. The van der Waals surface area contributed by atoms with Crippen molar-refractivity contribution in [2.75, 3.05) is 0 Å². The Labute approximate surface area is 295 Å². The first-order valence-corrected chi connectivity index (χ1v) is 17.3. The van der Waals surface area contributed by atoms with Crippen molar-refractivity contribution < 1.29 is 4.42 Å². The third-order valence-corrected chi connectivity index (χ3v) is 10.4. The van der Waals surface area contributed by atoms with Crippen LogP contribution in [0.4, 0.5) is 0 Å². The van der Waals surface area contributed by atoms with Gasteiger partial charge in [-0.25, -0.2) is 15.0 Å². The lowest BCUT2D eigenvalue weighted by Gasteiger charge is -2.28. The smallest absolute Gasteiger partial charge is 0.164 e. The predicted octanol–water partition coefficient (Wildman–Crippen LogP) is 11.8. The quantitative estimate of drug-likeness (QED) is 0.185. The monoisotopic (exact) mass is 653 g/mol. The van der Waals surface area contributed by atoms with Crippen molar-refractivity contribution in [3.63, 3.8) is 0 Å². The molecule has 1 atom stereocenters. The van der Waals surface area contributed by atoms with Gasteiger partial charge in [-0.05, 0) is 46.9 Å². The van der Waals surface area contributed by atoms with E-state index in [0.717, 1.165) is 49.8 Å². The van der Waals surface area contributed by atoms with Crippen LogP contribution < -0.4 is 0 Å². The van der Waals surface area contributed by atoms with Gasteiger partial charge < -0.3 is 4.42 Å². The maximum Gasteiger partial charge on any atom is 0.164 e. The number of furan rings is 1. The summed E-state index contributed by atoms with van der Waals surface area (Å²) >= 11 is 0. The van der Waals surface area contributed by atoms with E-state index in [2.05, 4.69) is 116 Å². The molecule has 0 fully saturated rings. The summed E-state index contributed by atoms with van der Waals surface area (Å²) < 4.78 is 7.09. The van der Waals surface area contributed by atoms with Gasteiger partial charge in [-0.3, -0.25) is 0 Å². The Morgan fingerprint density at radius 2 is 0.941 bits per heavy atom. The van der Waals surface area contributed by atoms with E-state index in [1.807, 2.05) is 60.7 Å². The standard InChI is InChI=1S/C47H31N3O/c1-47(34-21-9-4-10-22-34)40-26-12-11-23-36(40)37-27-28-39-38-25-14-24-35(42(38)51-43(39)41(37)47)32-19-13-20-33(29-32)46-49-44(30-15-5-2-6-16-30)48-45(50-46)31-17-7-3-8-18-31/h2-29H,1H3. The second-order valence-electron chi connectivity index (χ2n) is 13.3. The van der Waals surface area contributed by atoms with Gasteiger partial charge in [0.1, 0.15) is 11.2 Å². The molecule has 0 saturated carbocycles. The zero-order valence-electron chi connectivity index (χ0n) is 27.9. The number of para-hydroxylation sites is 1. The van der Waals surface area contributed by atoms with Gasteiger partial charge in [0.15, 0.2) is 17.5 Å². The molecule has 10 rings (SSSR count). The van der Waals surface area contributed by atoms with E-state index >= 15 is 0 Å². The summed E-state index contributed by atoms with van der Waals surface area (Å²) in [5, 5.41) is 2.22. The van der Waals surface area contributed by atoms with Crippen LogP contribution in [-0.2, 0) is 5.41 Å². The lowest BCUT2D eigenvalue weighted by Crippen LogP contribution is -2.22. The van der Waals surface area contributed by atoms with Crippen LogP contribution in [0.5, 0.6) is 0 Å². The maximum absolute atomic E-state index is 7.09. The van der Waals surface area contributed by atoms with Gasteiger partial charge in [0, 0.05) is 44.0 Å². The van der Waals surface area contributed by atoms with E-state index in [-0.39, 0.29) is 5.41 Å². The van der Waals surface area contributed by atoms with Crippen molar-refractivity contribution >= 4 is 21.9 Å². The first-order chi connectivity index (χ1) is 25.2. The van der Waals surface area contributed by atoms with Crippen LogP contribution in [-0.4, -0.2) is 15.0 Å². The summed E-state index contributed by atoms with van der Waals surface area (Å²) in [6.07, 6.45) is 0. The van der Waals surface area contributed by atoms with Gasteiger partial charge >= 0.3 is 0 Å². The van der Waals surface area contributed by atoms with Gasteiger partial charge in [0.2, 0.25) is 0 Å². The fourth-order valence-electron chi connectivity index (χ4n) is 7.93.